The van der Waals surface area contributed by atoms with Crippen LogP contribution < -0.4 is 5.32 Å². The molecule has 2 aromatic carbocycles. The van der Waals surface area contributed by atoms with Crippen molar-refractivity contribution in [2.45, 2.75) is 6.42 Å². The largest absolute Gasteiger partial charge is 0.326 e. The van der Waals surface area contributed by atoms with Crippen LogP contribution in [-0.2, 0) is 11.2 Å². The van der Waals surface area contributed by atoms with Crippen LogP contribution in [0, 0.1) is 21.7 Å². The number of benzene rings is 2. The molecule has 0 bridgehead atoms. The molecule has 7 heteroatoms. The van der Waals surface area contributed by atoms with Crippen molar-refractivity contribution in [2.75, 3.05) is 5.32 Å². The van der Waals surface area contributed by atoms with E-state index in [2.05, 4.69) is 5.32 Å². The molecule has 5 nitrogen and oxygen atoms in total. The number of hydrogen-bond donors (Lipinski definition) is 1. The first-order valence-corrected chi connectivity index (χ1v) is 5.94. The molecule has 0 heterocycles. The van der Waals surface area contributed by atoms with E-state index >= 15 is 0 Å². The van der Waals surface area contributed by atoms with Gasteiger partial charge in [-0.15, -0.1) is 0 Å². The first kappa shape index (κ1) is 14.6. The van der Waals surface area contributed by atoms with Gasteiger partial charge in [0.25, 0.3) is 0 Å². The number of nitrogens with one attached hydrogen (secondary N) is 1. The Morgan fingerprint density at radius 2 is 1.95 bits per heavy atom. The maximum atomic E-state index is 13.2. The molecule has 21 heavy (non-hydrogen) atoms. The number of rotatable bonds is 4. The molecular formula is C14H10F2N2O3. The zero-order valence-corrected chi connectivity index (χ0v) is 10.7. The first-order chi connectivity index (χ1) is 9.95. The summed E-state index contributed by atoms with van der Waals surface area (Å²) in [5, 5.41) is 13.0. The topological polar surface area (TPSA) is 72.2 Å². The number of nitrogens with zero attached hydrogens (tertiary/aromatic N) is 1. The Kier molecular flexibility index (Phi) is 4.22. The van der Waals surface area contributed by atoms with E-state index in [1.54, 1.807) is 6.07 Å². The van der Waals surface area contributed by atoms with Crippen molar-refractivity contribution in [2.24, 2.45) is 0 Å². The van der Waals surface area contributed by atoms with Gasteiger partial charge in [0.2, 0.25) is 11.7 Å². The lowest BCUT2D eigenvalue weighted by atomic mass is 10.1. The molecule has 0 aromatic heterocycles. The molecule has 0 atom stereocenters. The van der Waals surface area contributed by atoms with E-state index in [0.29, 0.717) is 5.56 Å². The Balaban J connectivity index is 2.09. The zero-order chi connectivity index (χ0) is 15.4. The van der Waals surface area contributed by atoms with Crippen molar-refractivity contribution in [1.82, 2.24) is 0 Å². The zero-order valence-electron chi connectivity index (χ0n) is 10.7. The van der Waals surface area contributed by atoms with Crippen LogP contribution in [-0.4, -0.2) is 10.8 Å². The van der Waals surface area contributed by atoms with Gasteiger partial charge in [0.05, 0.1) is 11.3 Å². The Morgan fingerprint density at radius 3 is 2.62 bits per heavy atom. The summed E-state index contributed by atoms with van der Waals surface area (Å²) in [5.74, 6) is -1.93. The van der Waals surface area contributed by atoms with E-state index in [-0.39, 0.29) is 12.1 Å². The minimum absolute atomic E-state index is 0.0943. The minimum Gasteiger partial charge on any atom is -0.326 e. The molecule has 0 aliphatic carbocycles. The molecule has 2 rings (SSSR count). The van der Waals surface area contributed by atoms with Gasteiger partial charge in [0, 0.05) is 11.8 Å². The Bertz CT molecular complexity index is 704. The average Bonchev–Trinajstić information content (AvgIpc) is 2.40. The molecule has 0 aliphatic heterocycles. The fourth-order valence-corrected chi connectivity index (χ4v) is 1.77. The van der Waals surface area contributed by atoms with Crippen molar-refractivity contribution in [3.63, 3.8) is 0 Å². The Hall–Kier alpha value is -2.83. The van der Waals surface area contributed by atoms with Crippen molar-refractivity contribution in [3.8, 4) is 0 Å². The second-order valence-electron chi connectivity index (χ2n) is 4.28. The normalized spacial score (nSPS) is 10.2. The smallest absolute Gasteiger partial charge is 0.306 e. The van der Waals surface area contributed by atoms with Gasteiger partial charge in [0.1, 0.15) is 5.82 Å². The quantitative estimate of drug-likeness (QED) is 0.695. The third-order valence-corrected chi connectivity index (χ3v) is 2.68. The fraction of sp³-hybridized carbons (Fsp3) is 0.0714. The Labute approximate surface area is 118 Å². The van der Waals surface area contributed by atoms with E-state index in [1.165, 1.54) is 24.3 Å². The van der Waals surface area contributed by atoms with Gasteiger partial charge in [-0.3, -0.25) is 14.9 Å². The lowest BCUT2D eigenvalue weighted by Gasteiger charge is -2.05. The predicted molar refractivity (Wildman–Crippen MR) is 71.8 cm³/mol. The number of anilines is 1. The van der Waals surface area contributed by atoms with Crippen molar-refractivity contribution in [1.29, 1.82) is 0 Å². The monoisotopic (exact) mass is 292 g/mol. The second kappa shape index (κ2) is 6.08. The molecule has 2 aromatic rings. The van der Waals surface area contributed by atoms with Crippen LogP contribution in [0.2, 0.25) is 0 Å². The number of nitro groups is 1. The van der Waals surface area contributed by atoms with Crippen molar-refractivity contribution in [3.05, 3.63) is 69.8 Å². The SMILES string of the molecule is O=C(Cc1cccc(F)c1)Nc1ccc(F)c([N+](=O)[O-])c1. The predicted octanol–water partition coefficient (Wildman–Crippen LogP) is 3.05. The highest BCUT2D eigenvalue weighted by Crippen LogP contribution is 2.21. The van der Waals surface area contributed by atoms with Crippen LogP contribution in [0.5, 0.6) is 0 Å². The molecule has 0 unspecified atom stereocenters. The molecule has 0 fully saturated rings. The van der Waals surface area contributed by atoms with Crippen molar-refractivity contribution < 1.29 is 18.5 Å². The summed E-state index contributed by atoms with van der Waals surface area (Å²) in [6.07, 6.45) is -0.0943. The van der Waals surface area contributed by atoms with Gasteiger partial charge >= 0.3 is 5.69 Å². The van der Waals surface area contributed by atoms with Crippen molar-refractivity contribution >= 4 is 17.3 Å². The molecule has 1 amide bonds. The molecule has 0 saturated heterocycles. The molecule has 0 aliphatic rings. The van der Waals surface area contributed by atoms with Gasteiger partial charge in [0.15, 0.2) is 0 Å². The van der Waals surface area contributed by atoms with E-state index in [0.717, 1.165) is 12.1 Å². The maximum absolute atomic E-state index is 13.2. The number of carbonyl (C=O) groups excluding carboxylic acids is 1. The van der Waals surface area contributed by atoms with Crippen LogP contribution in [0.3, 0.4) is 0 Å². The van der Waals surface area contributed by atoms with Gasteiger partial charge in [-0.2, -0.15) is 4.39 Å². The van der Waals surface area contributed by atoms with Gasteiger partial charge in [-0.05, 0) is 29.8 Å². The standard InChI is InChI=1S/C14H10F2N2O3/c15-10-3-1-2-9(6-10)7-14(19)17-11-4-5-12(16)13(8-11)18(20)21/h1-6,8H,7H2,(H,17,19). The summed E-state index contributed by atoms with van der Waals surface area (Å²) in [4.78, 5) is 21.5. The molecule has 0 radical (unpaired) electrons. The molecular weight excluding hydrogens is 282 g/mol. The lowest BCUT2D eigenvalue weighted by molar-refractivity contribution is -0.387. The van der Waals surface area contributed by atoms with E-state index < -0.39 is 28.2 Å². The molecule has 1 N–H and O–H groups in total. The lowest BCUT2D eigenvalue weighted by Crippen LogP contribution is -2.14. The van der Waals surface area contributed by atoms with Gasteiger partial charge < -0.3 is 5.32 Å². The number of hydrogen-bond acceptors (Lipinski definition) is 3. The molecule has 108 valence electrons. The number of halogens is 2. The molecule has 0 saturated carbocycles. The molecule has 0 spiro atoms. The highest BCUT2D eigenvalue weighted by atomic mass is 19.1. The summed E-state index contributed by atoms with van der Waals surface area (Å²) in [6, 6.07) is 8.56. The number of amides is 1. The second-order valence-corrected chi connectivity index (χ2v) is 4.28. The highest BCUT2D eigenvalue weighted by Gasteiger charge is 2.15. The summed E-state index contributed by atoms with van der Waals surface area (Å²) in [6.45, 7) is 0. The van der Waals surface area contributed by atoms with Gasteiger partial charge in [-0.1, -0.05) is 12.1 Å². The van der Waals surface area contributed by atoms with E-state index in [4.69, 9.17) is 0 Å². The summed E-state index contributed by atoms with van der Waals surface area (Å²) in [7, 11) is 0. The van der Waals surface area contributed by atoms with Crippen LogP contribution in [0.15, 0.2) is 42.5 Å². The van der Waals surface area contributed by atoms with Gasteiger partial charge in [-0.25, -0.2) is 4.39 Å². The maximum Gasteiger partial charge on any atom is 0.306 e. The van der Waals surface area contributed by atoms with Crippen LogP contribution in [0.4, 0.5) is 20.2 Å². The first-order valence-electron chi connectivity index (χ1n) is 5.94. The van der Waals surface area contributed by atoms with Crippen LogP contribution in [0.25, 0.3) is 0 Å². The minimum atomic E-state index is -0.983. The van der Waals surface area contributed by atoms with E-state index in [1.807, 2.05) is 0 Å². The van der Waals surface area contributed by atoms with Crippen LogP contribution >= 0.6 is 0 Å². The van der Waals surface area contributed by atoms with Crippen LogP contribution in [0.1, 0.15) is 5.56 Å². The summed E-state index contributed by atoms with van der Waals surface area (Å²) in [5.41, 5.74) is -0.160. The summed E-state index contributed by atoms with van der Waals surface area (Å²) >= 11 is 0. The third kappa shape index (κ3) is 3.82. The highest BCUT2D eigenvalue weighted by molar-refractivity contribution is 5.92. The number of nitro benzene ring substituents is 1. The number of carbonyl (C=O) groups is 1. The fourth-order valence-electron chi connectivity index (χ4n) is 1.77. The third-order valence-electron chi connectivity index (χ3n) is 2.68. The summed E-state index contributed by atoms with van der Waals surface area (Å²) < 4.78 is 26.1. The Morgan fingerprint density at radius 1 is 1.19 bits per heavy atom. The van der Waals surface area contributed by atoms with E-state index in [9.17, 15) is 23.7 Å². The average molecular weight is 292 g/mol.